The maximum absolute atomic E-state index is 13.6. The Morgan fingerprint density at radius 1 is 0.700 bits per heavy atom. The smallest absolute Gasteiger partial charge is 0.548 e. The van der Waals surface area contributed by atoms with Gasteiger partial charge in [-0.3, -0.25) is 14.4 Å². The minimum absolute atomic E-state index is 0. The molecule has 1 aliphatic carbocycles. The van der Waals surface area contributed by atoms with E-state index in [0.717, 1.165) is 27.9 Å². The monoisotopic (exact) mass is 674 g/mol. The van der Waals surface area contributed by atoms with Crippen LogP contribution in [0, 0.1) is 6.92 Å². The molecule has 9 heteroatoms. The number of hydrogen-bond acceptors (Lipinski definition) is 7. The number of nitrogens with zero attached hydrogens (tertiary/aromatic N) is 1. The zero-order valence-corrected chi connectivity index (χ0v) is 29.1. The minimum atomic E-state index is -1.31. The number of carboxylic acids is 1. The van der Waals surface area contributed by atoms with Gasteiger partial charge in [0.15, 0.2) is 11.6 Å². The Bertz CT molecular complexity index is 2070. The number of aliphatic carboxylic acids is 1. The Morgan fingerprint density at radius 3 is 1.86 bits per heavy atom. The van der Waals surface area contributed by atoms with Crippen LogP contribution >= 0.6 is 11.8 Å². The van der Waals surface area contributed by atoms with Crippen molar-refractivity contribution < 1.29 is 43.1 Å². The minimum Gasteiger partial charge on any atom is -0.548 e. The molecule has 0 fully saturated rings. The van der Waals surface area contributed by atoms with Crippen molar-refractivity contribution in [2.24, 2.45) is 0 Å². The number of para-hydroxylation sites is 1. The van der Waals surface area contributed by atoms with Gasteiger partial charge in [-0.25, -0.2) is 0 Å². The van der Waals surface area contributed by atoms with Crippen LogP contribution < -0.4 is 34.2 Å². The molecule has 1 aliphatic rings. The number of thioether (sulfide) groups is 1. The summed E-state index contributed by atoms with van der Waals surface area (Å²) in [5.41, 5.74) is 7.32. The van der Waals surface area contributed by atoms with Crippen molar-refractivity contribution in [1.82, 2.24) is 5.32 Å². The topological polar surface area (TPSA) is 107 Å². The number of carbonyl (C=O) groups excluding carboxylic acids is 4. The Morgan fingerprint density at radius 2 is 1.24 bits per heavy atom. The van der Waals surface area contributed by atoms with E-state index < -0.39 is 17.9 Å². The van der Waals surface area contributed by atoms with Crippen LogP contribution in [0.2, 0.25) is 0 Å². The molecule has 0 unspecified atom stereocenters. The molecule has 0 aliphatic heterocycles. The maximum atomic E-state index is 13.6. The molecule has 0 aromatic heterocycles. The third-order valence-corrected chi connectivity index (χ3v) is 9.47. The molecule has 0 saturated heterocycles. The Balaban J connectivity index is 0.00000486. The van der Waals surface area contributed by atoms with Crippen molar-refractivity contribution in [3.8, 4) is 11.1 Å². The normalized spacial score (nSPS) is 12.3. The molecule has 0 spiro atoms. The van der Waals surface area contributed by atoms with Gasteiger partial charge in [0.2, 0.25) is 0 Å². The van der Waals surface area contributed by atoms with Crippen molar-refractivity contribution in [3.05, 3.63) is 160 Å². The first-order valence-electron chi connectivity index (χ1n) is 16.1. The summed E-state index contributed by atoms with van der Waals surface area (Å²) in [5.74, 6) is -1.54. The van der Waals surface area contributed by atoms with Gasteiger partial charge in [-0.1, -0.05) is 78.9 Å². The molecule has 1 amide bonds. The van der Waals surface area contributed by atoms with Gasteiger partial charge in [-0.05, 0) is 89.6 Å². The second-order valence-corrected chi connectivity index (χ2v) is 13.1. The van der Waals surface area contributed by atoms with E-state index in [1.54, 1.807) is 36.4 Å². The van der Waals surface area contributed by atoms with Crippen molar-refractivity contribution in [3.63, 3.8) is 0 Å². The van der Waals surface area contributed by atoms with Crippen molar-refractivity contribution in [2.45, 2.75) is 32.5 Å². The number of nitrogens with one attached hydrogen (secondary N) is 1. The molecule has 5 aromatic carbocycles. The van der Waals surface area contributed by atoms with E-state index in [1.807, 2.05) is 92.0 Å². The van der Waals surface area contributed by atoms with Gasteiger partial charge in [-0.15, -0.1) is 0 Å². The van der Waals surface area contributed by atoms with Crippen LogP contribution in [0.1, 0.15) is 65.3 Å². The third kappa shape index (κ3) is 7.79. The van der Waals surface area contributed by atoms with Crippen LogP contribution in [0.15, 0.2) is 115 Å². The molecular weight excluding hydrogens is 639 g/mol. The van der Waals surface area contributed by atoms with Crippen LogP contribution in [0.25, 0.3) is 11.1 Å². The maximum Gasteiger partial charge on any atom is 1.00 e. The molecular formula is C41H35LiN2O5S. The molecule has 50 heavy (non-hydrogen) atoms. The summed E-state index contributed by atoms with van der Waals surface area (Å²) >= 11 is 1.50. The molecule has 1 N–H and O–H groups in total. The van der Waals surface area contributed by atoms with Gasteiger partial charge in [0, 0.05) is 46.6 Å². The average Bonchev–Trinajstić information content (AvgIpc) is 3.12. The van der Waals surface area contributed by atoms with Crippen LogP contribution in [0.4, 0.5) is 5.69 Å². The molecule has 246 valence electrons. The third-order valence-electron chi connectivity index (χ3n) is 8.82. The zero-order valence-electron chi connectivity index (χ0n) is 28.3. The Labute approximate surface area is 308 Å². The van der Waals surface area contributed by atoms with Crippen LogP contribution in [0.3, 0.4) is 0 Å². The summed E-state index contributed by atoms with van der Waals surface area (Å²) in [6.07, 6.45) is 2.14. The Hall–Kier alpha value is -4.87. The SMILES string of the molecule is CSCC[C@H](NC(=O)c1ccc(CN(Cc2ccc3c(c2)C(=O)c2ccccc2C3=O)c2ccccc2)cc1-c1ccccc1C)C(=O)[O-].[Li+]. The summed E-state index contributed by atoms with van der Waals surface area (Å²) in [7, 11) is 0. The number of hydrogen-bond donors (Lipinski definition) is 1. The molecule has 6 rings (SSSR count). The largest absolute Gasteiger partial charge is 1.00 e. The zero-order chi connectivity index (χ0) is 34.5. The standard InChI is InChI=1S/C41H36N2O5S.Li/c1-26-10-6-7-13-30(26)35-22-27(17-19-34(35)40(46)42-37(41(47)48)20-21-49-2)24-43(29-11-4-3-5-12-29)25-28-16-18-33-36(23-28)39(45)32-15-9-8-14-31(32)38(33)44;/h3-19,22-23,37H,20-21,24-25H2,1-2H3,(H,42,46)(H,47,48);/q;+1/p-1/t37-;/m0./s1. The summed E-state index contributed by atoms with van der Waals surface area (Å²) < 4.78 is 0. The molecule has 1 atom stereocenters. The fraction of sp³-hybridized carbons (Fsp3) is 0.171. The fourth-order valence-electron chi connectivity index (χ4n) is 6.27. The number of fused-ring (bicyclic) bond motifs is 2. The van der Waals surface area contributed by atoms with E-state index in [0.29, 0.717) is 52.2 Å². The second-order valence-electron chi connectivity index (χ2n) is 12.1. The molecule has 5 aromatic rings. The van der Waals surface area contributed by atoms with Crippen molar-refractivity contribution in [2.75, 3.05) is 16.9 Å². The number of benzene rings is 5. The number of amides is 1. The van der Waals surface area contributed by atoms with E-state index in [1.165, 1.54) is 11.8 Å². The number of carboxylic acid groups (broad SMARTS) is 1. The first kappa shape index (κ1) is 36.4. The number of ketones is 2. The van der Waals surface area contributed by atoms with Gasteiger partial charge in [-0.2, -0.15) is 11.8 Å². The summed E-state index contributed by atoms with van der Waals surface area (Å²) in [6, 6.07) is 34.6. The number of aryl methyl sites for hydroxylation is 1. The van der Waals surface area contributed by atoms with E-state index in [9.17, 15) is 24.3 Å². The van der Waals surface area contributed by atoms with E-state index >= 15 is 0 Å². The average molecular weight is 675 g/mol. The molecule has 0 heterocycles. The van der Waals surface area contributed by atoms with E-state index in [-0.39, 0.29) is 36.8 Å². The van der Waals surface area contributed by atoms with Gasteiger partial charge in [0.25, 0.3) is 5.91 Å². The number of anilines is 1. The second kappa shape index (κ2) is 16.2. The predicted octanol–water partition coefficient (Wildman–Crippen LogP) is 3.25. The predicted molar refractivity (Wildman–Crippen MR) is 192 cm³/mol. The quantitative estimate of drug-likeness (QED) is 0.199. The van der Waals surface area contributed by atoms with Gasteiger partial charge >= 0.3 is 18.9 Å². The number of carbonyl (C=O) groups is 4. The van der Waals surface area contributed by atoms with Gasteiger partial charge in [0.1, 0.15) is 0 Å². The first-order valence-corrected chi connectivity index (χ1v) is 17.5. The Kier molecular flexibility index (Phi) is 11.8. The number of rotatable bonds is 12. The van der Waals surface area contributed by atoms with Gasteiger partial charge in [0.05, 0.1) is 12.0 Å². The molecule has 0 radical (unpaired) electrons. The first-order chi connectivity index (χ1) is 23.7. The molecule has 0 bridgehead atoms. The van der Waals surface area contributed by atoms with E-state index in [4.69, 9.17) is 0 Å². The molecule has 0 saturated carbocycles. The molecule has 7 nitrogen and oxygen atoms in total. The summed E-state index contributed by atoms with van der Waals surface area (Å²) in [6.45, 7) is 2.89. The van der Waals surface area contributed by atoms with E-state index in [2.05, 4.69) is 10.2 Å². The van der Waals surface area contributed by atoms with Crippen LogP contribution in [-0.4, -0.2) is 41.5 Å². The summed E-state index contributed by atoms with van der Waals surface area (Å²) in [5, 5.41) is 14.5. The van der Waals surface area contributed by atoms with Crippen molar-refractivity contribution >= 4 is 40.9 Å². The summed E-state index contributed by atoms with van der Waals surface area (Å²) in [4.78, 5) is 54.3. The fourth-order valence-corrected chi connectivity index (χ4v) is 6.74. The van der Waals surface area contributed by atoms with Gasteiger partial charge < -0.3 is 20.1 Å². The van der Waals surface area contributed by atoms with Crippen molar-refractivity contribution in [1.29, 1.82) is 0 Å². The van der Waals surface area contributed by atoms with Crippen LogP contribution in [0.5, 0.6) is 0 Å². The van der Waals surface area contributed by atoms with Crippen LogP contribution in [-0.2, 0) is 17.9 Å².